The third-order valence-corrected chi connectivity index (χ3v) is 4.58. The molecule has 0 amide bonds. The van der Waals surface area contributed by atoms with E-state index in [0.717, 1.165) is 24.2 Å². The van der Waals surface area contributed by atoms with Gasteiger partial charge in [0.1, 0.15) is 5.75 Å². The molecule has 1 aromatic rings. The molecule has 1 unspecified atom stereocenters. The van der Waals surface area contributed by atoms with Gasteiger partial charge in [0, 0.05) is 0 Å². The fourth-order valence-corrected chi connectivity index (χ4v) is 3.28. The Hall–Kier alpha value is -0.960. The summed E-state index contributed by atoms with van der Waals surface area (Å²) in [4.78, 5) is 12.6. The Morgan fingerprint density at radius 1 is 1.25 bits per heavy atom. The Bertz CT molecular complexity index is 429. The molecule has 0 bridgehead atoms. The van der Waals surface area contributed by atoms with Crippen LogP contribution in [0.25, 0.3) is 0 Å². The summed E-state index contributed by atoms with van der Waals surface area (Å²) in [6.45, 7) is 6.21. The number of carbonyl (C=O) groups excluding carboxylic acids is 1. The van der Waals surface area contributed by atoms with Crippen molar-refractivity contribution in [2.75, 3.05) is 5.75 Å². The van der Waals surface area contributed by atoms with Crippen LogP contribution in [0.3, 0.4) is 0 Å². The van der Waals surface area contributed by atoms with Crippen LogP contribution in [0.1, 0.15) is 61.9 Å². The van der Waals surface area contributed by atoms with Crippen LogP contribution in [0.5, 0.6) is 5.75 Å². The molecule has 0 aliphatic rings. The van der Waals surface area contributed by atoms with E-state index in [-0.39, 0.29) is 16.8 Å². The van der Waals surface area contributed by atoms with Crippen LogP contribution in [-0.2, 0) is 0 Å². The summed E-state index contributed by atoms with van der Waals surface area (Å²) in [5.41, 5.74) is 1.49. The number of aryl methyl sites for hydroxylation is 1. The normalized spacial score (nSPS) is 12.3. The predicted octanol–water partition coefficient (Wildman–Crippen LogP) is 4.98. The highest BCUT2D eigenvalue weighted by atomic mass is 32.2. The summed E-state index contributed by atoms with van der Waals surface area (Å²) >= 11 is 1.69. The number of carbonyl (C=O) groups is 1. The summed E-state index contributed by atoms with van der Waals surface area (Å²) in [5, 5.41) is 9.88. The van der Waals surface area contributed by atoms with Crippen molar-refractivity contribution in [2.45, 2.75) is 58.1 Å². The molecule has 0 spiro atoms. The first-order chi connectivity index (χ1) is 9.60. The number of unbranched alkanes of at least 4 members (excludes halogenated alkanes) is 3. The maximum Gasteiger partial charge on any atom is 0.179 e. The number of hydrogen-bond donors (Lipinski definition) is 1. The lowest BCUT2D eigenvalue weighted by atomic mass is 10.0. The summed E-state index contributed by atoms with van der Waals surface area (Å²) in [6.07, 6.45) is 5.62. The van der Waals surface area contributed by atoms with Gasteiger partial charge in [-0.2, -0.15) is 11.8 Å². The standard InChI is InChI=1S/C17H26O2S/c1-4-6-7-8-9-16(20-5-2)17(19)14-12-13(3)10-11-15(14)18/h10-12,16,18H,4-9H2,1-3H3. The molecule has 2 nitrogen and oxygen atoms in total. The second-order valence-electron chi connectivity index (χ2n) is 5.18. The first kappa shape index (κ1) is 17.1. The number of aromatic hydroxyl groups is 1. The first-order valence-corrected chi connectivity index (χ1v) is 8.60. The van der Waals surface area contributed by atoms with Crippen LogP contribution in [0.15, 0.2) is 18.2 Å². The van der Waals surface area contributed by atoms with Gasteiger partial charge in [0.2, 0.25) is 0 Å². The van der Waals surface area contributed by atoms with Gasteiger partial charge in [-0.1, -0.05) is 51.2 Å². The average Bonchev–Trinajstić information content (AvgIpc) is 2.44. The Morgan fingerprint density at radius 3 is 2.65 bits per heavy atom. The summed E-state index contributed by atoms with van der Waals surface area (Å²) in [5.74, 6) is 1.11. The minimum absolute atomic E-state index is 0.0236. The van der Waals surface area contributed by atoms with E-state index in [1.54, 1.807) is 23.9 Å². The molecule has 0 saturated carbocycles. The van der Waals surface area contributed by atoms with Crippen LogP contribution in [0.4, 0.5) is 0 Å². The molecule has 1 rings (SSSR count). The zero-order chi connectivity index (χ0) is 15.0. The Labute approximate surface area is 127 Å². The van der Waals surface area contributed by atoms with Crippen molar-refractivity contribution in [1.82, 2.24) is 0 Å². The van der Waals surface area contributed by atoms with Gasteiger partial charge >= 0.3 is 0 Å². The molecule has 20 heavy (non-hydrogen) atoms. The maximum atomic E-state index is 12.6. The lowest BCUT2D eigenvalue weighted by Crippen LogP contribution is -2.18. The molecule has 0 aromatic heterocycles. The highest BCUT2D eigenvalue weighted by Crippen LogP contribution is 2.27. The topological polar surface area (TPSA) is 37.3 Å². The monoisotopic (exact) mass is 294 g/mol. The van der Waals surface area contributed by atoms with Gasteiger partial charge in [0.25, 0.3) is 0 Å². The molecule has 0 aliphatic carbocycles. The van der Waals surface area contributed by atoms with Crippen LogP contribution < -0.4 is 0 Å². The second kappa shape index (κ2) is 9.06. The SMILES string of the molecule is CCCCCCC(SCC)C(=O)c1cc(C)ccc1O. The second-order valence-corrected chi connectivity index (χ2v) is 6.66. The lowest BCUT2D eigenvalue weighted by molar-refractivity contribution is 0.0983. The number of phenolic OH excluding ortho intramolecular Hbond substituents is 1. The highest BCUT2D eigenvalue weighted by molar-refractivity contribution is 8.00. The van der Waals surface area contributed by atoms with E-state index in [1.165, 1.54) is 19.3 Å². The molecule has 3 heteroatoms. The molecule has 1 atom stereocenters. The quantitative estimate of drug-likeness (QED) is 0.516. The van der Waals surface area contributed by atoms with E-state index in [2.05, 4.69) is 13.8 Å². The number of rotatable bonds is 9. The smallest absolute Gasteiger partial charge is 0.179 e. The van der Waals surface area contributed by atoms with Gasteiger partial charge in [-0.25, -0.2) is 0 Å². The number of phenols is 1. The van der Waals surface area contributed by atoms with Gasteiger partial charge in [-0.05, 0) is 31.2 Å². The molecule has 112 valence electrons. The molecule has 1 aromatic carbocycles. The number of Topliss-reactive ketones (excluding diaryl/α,β-unsaturated/α-hetero) is 1. The Balaban J connectivity index is 2.74. The first-order valence-electron chi connectivity index (χ1n) is 7.55. The maximum absolute atomic E-state index is 12.6. The number of hydrogen-bond acceptors (Lipinski definition) is 3. The predicted molar refractivity (Wildman–Crippen MR) is 87.9 cm³/mol. The van der Waals surface area contributed by atoms with Crippen molar-refractivity contribution in [1.29, 1.82) is 0 Å². The van der Waals surface area contributed by atoms with Gasteiger partial charge in [-0.3, -0.25) is 4.79 Å². The van der Waals surface area contributed by atoms with E-state index in [1.807, 2.05) is 13.0 Å². The Morgan fingerprint density at radius 2 is 2.00 bits per heavy atom. The van der Waals surface area contributed by atoms with Crippen molar-refractivity contribution in [2.24, 2.45) is 0 Å². The van der Waals surface area contributed by atoms with E-state index in [9.17, 15) is 9.90 Å². The van der Waals surface area contributed by atoms with Crippen molar-refractivity contribution in [3.63, 3.8) is 0 Å². The molecular formula is C17H26O2S. The fraction of sp³-hybridized carbons (Fsp3) is 0.588. The molecule has 0 fully saturated rings. The Kier molecular flexibility index (Phi) is 7.75. The summed E-state index contributed by atoms with van der Waals surface area (Å²) in [7, 11) is 0. The van der Waals surface area contributed by atoms with E-state index in [0.29, 0.717) is 5.56 Å². The zero-order valence-corrected chi connectivity index (χ0v) is 13.6. The molecule has 0 heterocycles. The van der Waals surface area contributed by atoms with E-state index < -0.39 is 0 Å². The van der Waals surface area contributed by atoms with E-state index in [4.69, 9.17) is 0 Å². The minimum atomic E-state index is -0.0236. The number of thioether (sulfide) groups is 1. The van der Waals surface area contributed by atoms with Crippen LogP contribution in [-0.4, -0.2) is 21.9 Å². The van der Waals surface area contributed by atoms with Crippen molar-refractivity contribution >= 4 is 17.5 Å². The number of benzene rings is 1. The van der Waals surface area contributed by atoms with Crippen LogP contribution in [0, 0.1) is 6.92 Å². The van der Waals surface area contributed by atoms with Gasteiger partial charge < -0.3 is 5.11 Å². The van der Waals surface area contributed by atoms with Gasteiger partial charge in [0.15, 0.2) is 5.78 Å². The molecule has 0 aliphatic heterocycles. The highest BCUT2D eigenvalue weighted by Gasteiger charge is 2.22. The third-order valence-electron chi connectivity index (χ3n) is 3.40. The van der Waals surface area contributed by atoms with Crippen molar-refractivity contribution < 1.29 is 9.90 Å². The minimum Gasteiger partial charge on any atom is -0.507 e. The zero-order valence-electron chi connectivity index (χ0n) is 12.8. The summed E-state index contributed by atoms with van der Waals surface area (Å²) < 4.78 is 0. The molecule has 0 saturated heterocycles. The van der Waals surface area contributed by atoms with Crippen LogP contribution >= 0.6 is 11.8 Å². The summed E-state index contributed by atoms with van der Waals surface area (Å²) in [6, 6.07) is 5.25. The number of ketones is 1. The van der Waals surface area contributed by atoms with E-state index >= 15 is 0 Å². The van der Waals surface area contributed by atoms with Crippen molar-refractivity contribution in [3.8, 4) is 5.75 Å². The van der Waals surface area contributed by atoms with Gasteiger partial charge in [0.05, 0.1) is 10.8 Å². The molecule has 0 radical (unpaired) electrons. The molecule has 1 N–H and O–H groups in total. The average molecular weight is 294 g/mol. The van der Waals surface area contributed by atoms with Crippen molar-refractivity contribution in [3.05, 3.63) is 29.3 Å². The fourth-order valence-electron chi connectivity index (χ4n) is 2.27. The molecular weight excluding hydrogens is 268 g/mol. The van der Waals surface area contributed by atoms with Gasteiger partial charge in [-0.15, -0.1) is 0 Å². The largest absolute Gasteiger partial charge is 0.507 e. The lowest BCUT2D eigenvalue weighted by Gasteiger charge is -2.15. The van der Waals surface area contributed by atoms with Crippen LogP contribution in [0.2, 0.25) is 0 Å². The third kappa shape index (κ3) is 5.20.